The highest BCUT2D eigenvalue weighted by Gasteiger charge is 2.31. The molecule has 0 spiro atoms. The van der Waals surface area contributed by atoms with E-state index >= 15 is 0 Å². The highest BCUT2D eigenvalue weighted by molar-refractivity contribution is 7.09. The summed E-state index contributed by atoms with van der Waals surface area (Å²) in [6, 6.07) is 3.68. The Morgan fingerprint density at radius 1 is 1.46 bits per heavy atom. The van der Waals surface area contributed by atoms with Gasteiger partial charge in [-0.3, -0.25) is 9.59 Å². The number of hydrogen-bond donors (Lipinski definition) is 1. The molecule has 2 amide bonds. The van der Waals surface area contributed by atoms with Gasteiger partial charge < -0.3 is 14.8 Å². The van der Waals surface area contributed by atoms with Crippen LogP contribution in [0.25, 0.3) is 0 Å². The van der Waals surface area contributed by atoms with Crippen LogP contribution in [0.15, 0.2) is 30.0 Å². The zero-order valence-electron chi connectivity index (χ0n) is 13.8. The molecule has 1 atom stereocenters. The van der Waals surface area contributed by atoms with Gasteiger partial charge >= 0.3 is 0 Å². The van der Waals surface area contributed by atoms with Gasteiger partial charge in [-0.2, -0.15) is 0 Å². The molecule has 1 aliphatic heterocycles. The summed E-state index contributed by atoms with van der Waals surface area (Å²) in [4.78, 5) is 32.0. The third-order valence-electron chi connectivity index (χ3n) is 4.20. The van der Waals surface area contributed by atoms with Crippen molar-refractivity contribution in [3.8, 4) is 0 Å². The maximum atomic E-state index is 12.6. The molecule has 2 aromatic rings. The molecule has 0 aliphatic carbocycles. The molecule has 1 N–H and O–H groups in total. The topological polar surface area (TPSA) is 67.2 Å². The van der Waals surface area contributed by atoms with E-state index in [1.165, 1.54) is 4.88 Å². The zero-order chi connectivity index (χ0) is 16.9. The lowest BCUT2D eigenvalue weighted by molar-refractivity contribution is -0.135. The first-order chi connectivity index (χ1) is 11.7. The number of nitrogens with one attached hydrogen (secondary N) is 1. The van der Waals surface area contributed by atoms with Crippen LogP contribution >= 0.6 is 11.3 Å². The predicted molar refractivity (Wildman–Crippen MR) is 92.6 cm³/mol. The quantitative estimate of drug-likeness (QED) is 0.870. The SMILES string of the molecule is CCCC(=O)N1Cc2cncn2C(C(=O)NCCc2cccs2)C1. The fourth-order valence-corrected chi connectivity index (χ4v) is 3.65. The molecule has 0 radical (unpaired) electrons. The fourth-order valence-electron chi connectivity index (χ4n) is 2.94. The van der Waals surface area contributed by atoms with E-state index in [1.807, 2.05) is 22.9 Å². The number of rotatable bonds is 6. The van der Waals surface area contributed by atoms with Gasteiger partial charge in [-0.15, -0.1) is 11.3 Å². The van der Waals surface area contributed by atoms with E-state index < -0.39 is 6.04 Å². The van der Waals surface area contributed by atoms with Crippen LogP contribution in [-0.2, 0) is 22.6 Å². The van der Waals surface area contributed by atoms with E-state index in [0.29, 0.717) is 26.1 Å². The van der Waals surface area contributed by atoms with Crippen molar-refractivity contribution in [1.29, 1.82) is 0 Å². The highest BCUT2D eigenvalue weighted by atomic mass is 32.1. The summed E-state index contributed by atoms with van der Waals surface area (Å²) in [5.74, 6) is 0.0427. The molecule has 0 aromatic carbocycles. The number of amides is 2. The van der Waals surface area contributed by atoms with Crippen LogP contribution in [0.5, 0.6) is 0 Å². The van der Waals surface area contributed by atoms with Crippen LogP contribution in [-0.4, -0.2) is 39.4 Å². The Kier molecular flexibility index (Phi) is 5.30. The van der Waals surface area contributed by atoms with Gasteiger partial charge in [0.25, 0.3) is 0 Å². The molecule has 0 saturated carbocycles. The second-order valence-electron chi connectivity index (χ2n) is 5.95. The molecule has 0 saturated heterocycles. The normalized spacial score (nSPS) is 16.7. The van der Waals surface area contributed by atoms with Crippen molar-refractivity contribution in [2.24, 2.45) is 0 Å². The summed E-state index contributed by atoms with van der Waals surface area (Å²) in [7, 11) is 0. The number of carbonyl (C=O) groups is 2. The number of imidazole rings is 1. The third-order valence-corrected chi connectivity index (χ3v) is 5.13. The van der Waals surface area contributed by atoms with E-state index in [4.69, 9.17) is 0 Å². The molecular formula is C17H22N4O2S. The molecule has 0 fully saturated rings. The first-order valence-electron chi connectivity index (χ1n) is 8.27. The summed E-state index contributed by atoms with van der Waals surface area (Å²) in [5.41, 5.74) is 0.907. The average Bonchev–Trinajstić information content (AvgIpc) is 3.25. The van der Waals surface area contributed by atoms with Crippen LogP contribution in [0.4, 0.5) is 0 Å². The Hall–Kier alpha value is -2.15. The summed E-state index contributed by atoms with van der Waals surface area (Å²) < 4.78 is 1.89. The third kappa shape index (κ3) is 3.67. The Morgan fingerprint density at radius 2 is 2.33 bits per heavy atom. The lowest BCUT2D eigenvalue weighted by atomic mass is 10.1. The lowest BCUT2D eigenvalue weighted by Gasteiger charge is -2.33. The molecule has 3 rings (SSSR count). The maximum absolute atomic E-state index is 12.6. The van der Waals surface area contributed by atoms with Gasteiger partial charge in [0, 0.05) is 24.0 Å². The second kappa shape index (κ2) is 7.61. The van der Waals surface area contributed by atoms with Gasteiger partial charge in [-0.05, 0) is 24.3 Å². The average molecular weight is 346 g/mol. The number of carbonyl (C=O) groups excluding carboxylic acids is 2. The minimum absolute atomic E-state index is 0.0557. The van der Waals surface area contributed by atoms with Gasteiger partial charge in [0.1, 0.15) is 6.04 Å². The Morgan fingerprint density at radius 3 is 3.08 bits per heavy atom. The van der Waals surface area contributed by atoms with Crippen LogP contribution in [0.3, 0.4) is 0 Å². The minimum Gasteiger partial charge on any atom is -0.354 e. The molecule has 1 unspecified atom stereocenters. The summed E-state index contributed by atoms with van der Waals surface area (Å²) >= 11 is 1.69. The van der Waals surface area contributed by atoms with Crippen LogP contribution in [0, 0.1) is 0 Å². The first kappa shape index (κ1) is 16.7. The summed E-state index contributed by atoms with van der Waals surface area (Å²) in [6.07, 6.45) is 5.57. The van der Waals surface area contributed by atoms with Crippen molar-refractivity contribution in [1.82, 2.24) is 19.8 Å². The van der Waals surface area contributed by atoms with Gasteiger partial charge in [0.05, 0.1) is 25.1 Å². The molecular weight excluding hydrogens is 324 g/mol. The molecule has 1 aliphatic rings. The molecule has 3 heterocycles. The van der Waals surface area contributed by atoms with Gasteiger partial charge in [-0.25, -0.2) is 4.98 Å². The Bertz CT molecular complexity index is 695. The van der Waals surface area contributed by atoms with Crippen molar-refractivity contribution < 1.29 is 9.59 Å². The van der Waals surface area contributed by atoms with Crippen LogP contribution < -0.4 is 5.32 Å². The molecule has 0 bridgehead atoms. The van der Waals surface area contributed by atoms with Crippen molar-refractivity contribution in [2.75, 3.05) is 13.1 Å². The van der Waals surface area contributed by atoms with Crippen molar-refractivity contribution in [3.63, 3.8) is 0 Å². The number of hydrogen-bond acceptors (Lipinski definition) is 4. The highest BCUT2D eigenvalue weighted by Crippen LogP contribution is 2.22. The van der Waals surface area contributed by atoms with E-state index in [1.54, 1.807) is 28.8 Å². The molecule has 6 nitrogen and oxygen atoms in total. The first-order valence-corrected chi connectivity index (χ1v) is 9.15. The smallest absolute Gasteiger partial charge is 0.244 e. The van der Waals surface area contributed by atoms with Gasteiger partial charge in [-0.1, -0.05) is 13.0 Å². The van der Waals surface area contributed by atoms with E-state index in [2.05, 4.69) is 16.4 Å². The monoisotopic (exact) mass is 346 g/mol. The van der Waals surface area contributed by atoms with Crippen LogP contribution in [0.2, 0.25) is 0 Å². The van der Waals surface area contributed by atoms with E-state index in [0.717, 1.165) is 18.5 Å². The minimum atomic E-state index is -0.402. The molecule has 128 valence electrons. The van der Waals surface area contributed by atoms with Crippen molar-refractivity contribution in [2.45, 2.75) is 38.8 Å². The Balaban J connectivity index is 1.64. The lowest BCUT2D eigenvalue weighted by Crippen LogP contribution is -2.46. The number of nitrogens with zero attached hydrogens (tertiary/aromatic N) is 3. The van der Waals surface area contributed by atoms with Gasteiger partial charge in [0.2, 0.25) is 11.8 Å². The Labute approximate surface area is 145 Å². The standard InChI is InChI=1S/C17H22N4O2S/c1-2-4-16(22)20-10-13-9-18-12-21(13)15(11-20)17(23)19-7-6-14-5-3-8-24-14/h3,5,8-9,12,15H,2,4,6-7,10-11H2,1H3,(H,19,23). The van der Waals surface area contributed by atoms with E-state index in [9.17, 15) is 9.59 Å². The van der Waals surface area contributed by atoms with Crippen LogP contribution in [0.1, 0.15) is 36.4 Å². The maximum Gasteiger partial charge on any atom is 0.244 e. The summed E-state index contributed by atoms with van der Waals surface area (Å²) in [6.45, 7) is 3.52. The molecule has 7 heteroatoms. The molecule has 24 heavy (non-hydrogen) atoms. The number of thiophene rings is 1. The van der Waals surface area contributed by atoms with E-state index in [-0.39, 0.29) is 11.8 Å². The zero-order valence-corrected chi connectivity index (χ0v) is 14.6. The fraction of sp³-hybridized carbons (Fsp3) is 0.471. The largest absolute Gasteiger partial charge is 0.354 e. The molecule has 2 aromatic heterocycles. The predicted octanol–water partition coefficient (Wildman–Crippen LogP) is 1.99. The second-order valence-corrected chi connectivity index (χ2v) is 6.98. The number of aromatic nitrogens is 2. The van der Waals surface area contributed by atoms with Gasteiger partial charge in [0.15, 0.2) is 0 Å². The number of fused-ring (bicyclic) bond motifs is 1. The summed E-state index contributed by atoms with van der Waals surface area (Å²) in [5, 5.41) is 5.03. The van der Waals surface area contributed by atoms with Crippen molar-refractivity contribution in [3.05, 3.63) is 40.6 Å². The van der Waals surface area contributed by atoms with Crippen molar-refractivity contribution >= 4 is 23.2 Å².